The molecule has 4 nitrogen and oxygen atoms in total. The van der Waals surface area contributed by atoms with Gasteiger partial charge < -0.3 is 4.90 Å². The first kappa shape index (κ1) is 12.6. The van der Waals surface area contributed by atoms with Gasteiger partial charge in [-0.15, -0.1) is 0 Å². The molecule has 6 heteroatoms. The normalized spacial score (nSPS) is 12.2. The van der Waals surface area contributed by atoms with E-state index in [2.05, 4.69) is 0 Å². The van der Waals surface area contributed by atoms with Crippen LogP contribution in [0.25, 0.3) is 0 Å². The van der Waals surface area contributed by atoms with Gasteiger partial charge in [-0.1, -0.05) is 24.0 Å². The van der Waals surface area contributed by atoms with Gasteiger partial charge in [-0.25, -0.2) is 0 Å². The molecule has 0 radical (unpaired) electrons. The van der Waals surface area contributed by atoms with Crippen molar-refractivity contribution in [2.45, 2.75) is 19.9 Å². The van der Waals surface area contributed by atoms with E-state index in [9.17, 15) is 10.1 Å². The zero-order chi connectivity index (χ0) is 10.4. The standard InChI is InChI=1S/C7H14N2O2S2/c1-4-8(3)7(12)13-5-6(2)9(10)11/h6H,4-5H2,1-3H3. The number of nitrogens with zero attached hydrogens (tertiary/aromatic N) is 2. The number of thioether (sulfide) groups is 1. The molecule has 0 bridgehead atoms. The second-order valence-corrected chi connectivity index (χ2v) is 4.38. The van der Waals surface area contributed by atoms with Crippen molar-refractivity contribution in [2.75, 3.05) is 19.3 Å². The molecule has 0 saturated carbocycles. The molecule has 0 amide bonds. The summed E-state index contributed by atoms with van der Waals surface area (Å²) in [5.41, 5.74) is 0. The van der Waals surface area contributed by atoms with Gasteiger partial charge in [0.25, 0.3) is 0 Å². The molecule has 0 heterocycles. The Morgan fingerprint density at radius 3 is 2.69 bits per heavy atom. The van der Waals surface area contributed by atoms with Crippen LogP contribution in [-0.4, -0.2) is 39.5 Å². The summed E-state index contributed by atoms with van der Waals surface area (Å²) in [5, 5.41) is 10.3. The van der Waals surface area contributed by atoms with Crippen LogP contribution in [0.15, 0.2) is 0 Å². The fraction of sp³-hybridized carbons (Fsp3) is 0.857. The Balaban J connectivity index is 3.76. The lowest BCUT2D eigenvalue weighted by Crippen LogP contribution is -2.25. The first-order chi connectivity index (χ1) is 5.99. The Morgan fingerprint density at radius 1 is 1.77 bits per heavy atom. The molecule has 0 aliphatic heterocycles. The fourth-order valence-corrected chi connectivity index (χ4v) is 1.68. The molecule has 76 valence electrons. The monoisotopic (exact) mass is 222 g/mol. The van der Waals surface area contributed by atoms with E-state index < -0.39 is 6.04 Å². The summed E-state index contributed by atoms with van der Waals surface area (Å²) >= 11 is 6.41. The van der Waals surface area contributed by atoms with Crippen LogP contribution in [0.3, 0.4) is 0 Å². The zero-order valence-electron chi connectivity index (χ0n) is 8.02. The third kappa shape index (κ3) is 5.05. The highest BCUT2D eigenvalue weighted by molar-refractivity contribution is 8.22. The van der Waals surface area contributed by atoms with Crippen molar-refractivity contribution in [1.29, 1.82) is 0 Å². The predicted molar refractivity (Wildman–Crippen MR) is 59.8 cm³/mol. The minimum atomic E-state index is -0.534. The van der Waals surface area contributed by atoms with Crippen molar-refractivity contribution in [2.24, 2.45) is 0 Å². The van der Waals surface area contributed by atoms with E-state index in [1.165, 1.54) is 11.8 Å². The maximum absolute atomic E-state index is 10.3. The van der Waals surface area contributed by atoms with E-state index in [4.69, 9.17) is 12.2 Å². The van der Waals surface area contributed by atoms with Crippen LogP contribution >= 0.6 is 24.0 Å². The predicted octanol–water partition coefficient (Wildman–Crippen LogP) is 1.62. The van der Waals surface area contributed by atoms with Gasteiger partial charge in [0.05, 0.1) is 5.75 Å². The summed E-state index contributed by atoms with van der Waals surface area (Å²) in [6.45, 7) is 4.41. The van der Waals surface area contributed by atoms with Crippen LogP contribution in [-0.2, 0) is 0 Å². The lowest BCUT2D eigenvalue weighted by Gasteiger charge is -2.16. The van der Waals surface area contributed by atoms with Crippen LogP contribution in [0.4, 0.5) is 0 Å². The quantitative estimate of drug-likeness (QED) is 0.411. The van der Waals surface area contributed by atoms with Gasteiger partial charge in [0.2, 0.25) is 6.04 Å². The Kier molecular flexibility index (Phi) is 5.98. The summed E-state index contributed by atoms with van der Waals surface area (Å²) in [6, 6.07) is -0.534. The van der Waals surface area contributed by atoms with Crippen LogP contribution in [0.5, 0.6) is 0 Å². The van der Waals surface area contributed by atoms with E-state index in [0.717, 1.165) is 10.9 Å². The van der Waals surface area contributed by atoms with E-state index in [1.54, 1.807) is 6.92 Å². The fourth-order valence-electron chi connectivity index (χ4n) is 0.492. The molecule has 0 saturated heterocycles. The number of rotatable bonds is 4. The molecule has 0 N–H and O–H groups in total. The van der Waals surface area contributed by atoms with Crippen molar-refractivity contribution >= 4 is 28.3 Å². The van der Waals surface area contributed by atoms with Gasteiger partial charge in [-0.05, 0) is 6.92 Å². The lowest BCUT2D eigenvalue weighted by atomic mass is 10.4. The number of nitro groups is 1. The van der Waals surface area contributed by atoms with Crippen molar-refractivity contribution < 1.29 is 4.92 Å². The molecule has 0 aliphatic carbocycles. The van der Waals surface area contributed by atoms with E-state index in [-0.39, 0.29) is 4.92 Å². The molecule has 0 rings (SSSR count). The second kappa shape index (κ2) is 6.15. The molecule has 0 aromatic heterocycles. The molecule has 0 fully saturated rings. The van der Waals surface area contributed by atoms with Gasteiger partial charge in [-0.3, -0.25) is 10.1 Å². The minimum Gasteiger partial charge on any atom is -0.361 e. The number of hydrogen-bond acceptors (Lipinski definition) is 4. The van der Waals surface area contributed by atoms with Crippen molar-refractivity contribution in [3.8, 4) is 0 Å². The Hall–Kier alpha value is -0.360. The molecule has 1 unspecified atom stereocenters. The Morgan fingerprint density at radius 2 is 2.31 bits per heavy atom. The lowest BCUT2D eigenvalue weighted by molar-refractivity contribution is -0.511. The smallest absolute Gasteiger partial charge is 0.219 e. The molecule has 0 aromatic rings. The Labute approximate surface area is 87.8 Å². The van der Waals surface area contributed by atoms with E-state index in [0.29, 0.717) is 5.75 Å². The molecule has 13 heavy (non-hydrogen) atoms. The molecule has 1 atom stereocenters. The summed E-state index contributed by atoms with van der Waals surface area (Å²) < 4.78 is 0.719. The van der Waals surface area contributed by atoms with Gasteiger partial charge >= 0.3 is 0 Å². The van der Waals surface area contributed by atoms with Crippen LogP contribution in [0.1, 0.15) is 13.8 Å². The van der Waals surface area contributed by atoms with Gasteiger partial charge in [-0.2, -0.15) is 0 Å². The number of hydrogen-bond donors (Lipinski definition) is 0. The highest BCUT2D eigenvalue weighted by Gasteiger charge is 2.14. The third-order valence-electron chi connectivity index (χ3n) is 1.59. The molecular formula is C7H14N2O2S2. The molecule has 0 aromatic carbocycles. The average molecular weight is 222 g/mol. The number of thiocarbonyl (C=S) groups is 1. The largest absolute Gasteiger partial charge is 0.361 e. The van der Waals surface area contributed by atoms with E-state index in [1.807, 2.05) is 18.9 Å². The second-order valence-electron chi connectivity index (χ2n) is 2.73. The topological polar surface area (TPSA) is 46.4 Å². The zero-order valence-corrected chi connectivity index (χ0v) is 9.65. The van der Waals surface area contributed by atoms with Crippen LogP contribution < -0.4 is 0 Å². The first-order valence-corrected chi connectivity index (χ1v) is 5.39. The van der Waals surface area contributed by atoms with Crippen molar-refractivity contribution in [3.63, 3.8) is 0 Å². The average Bonchev–Trinajstić information content (AvgIpc) is 2.11. The van der Waals surface area contributed by atoms with Crippen LogP contribution in [0.2, 0.25) is 0 Å². The summed E-state index contributed by atoms with van der Waals surface area (Å²) in [4.78, 5) is 11.9. The van der Waals surface area contributed by atoms with Gasteiger partial charge in [0.1, 0.15) is 4.32 Å². The first-order valence-electron chi connectivity index (χ1n) is 4.00. The highest BCUT2D eigenvalue weighted by atomic mass is 32.2. The maximum atomic E-state index is 10.3. The highest BCUT2D eigenvalue weighted by Crippen LogP contribution is 2.10. The molecular weight excluding hydrogens is 208 g/mol. The van der Waals surface area contributed by atoms with E-state index >= 15 is 0 Å². The Bertz CT molecular complexity index is 199. The van der Waals surface area contributed by atoms with Gasteiger partial charge in [0, 0.05) is 25.4 Å². The van der Waals surface area contributed by atoms with Crippen molar-refractivity contribution in [1.82, 2.24) is 4.90 Å². The minimum absolute atomic E-state index is 0.290. The maximum Gasteiger partial charge on any atom is 0.219 e. The summed E-state index contributed by atoms with van der Waals surface area (Å²) in [7, 11) is 1.88. The SMILES string of the molecule is CCN(C)C(=S)SCC(C)[N+](=O)[O-]. The summed E-state index contributed by atoms with van der Waals surface area (Å²) in [5.74, 6) is 0.441. The van der Waals surface area contributed by atoms with Crippen LogP contribution in [0, 0.1) is 10.1 Å². The summed E-state index contributed by atoms with van der Waals surface area (Å²) in [6.07, 6.45) is 0. The molecule has 0 spiro atoms. The van der Waals surface area contributed by atoms with Gasteiger partial charge in [0.15, 0.2) is 0 Å². The van der Waals surface area contributed by atoms with Crippen molar-refractivity contribution in [3.05, 3.63) is 10.1 Å². The third-order valence-corrected chi connectivity index (χ3v) is 3.47. The molecule has 0 aliphatic rings.